The first-order valence-electron chi connectivity index (χ1n) is 12.4. The van der Waals surface area contributed by atoms with Gasteiger partial charge in [0, 0.05) is 48.2 Å². The van der Waals surface area contributed by atoms with E-state index in [-0.39, 0.29) is 16.6 Å². The average Bonchev–Trinajstić information content (AvgIpc) is 3.50. The fourth-order valence-corrected chi connectivity index (χ4v) is 5.79. The Hall–Kier alpha value is -3.33. The molecule has 194 valence electrons. The Morgan fingerprint density at radius 3 is 2.54 bits per heavy atom. The quantitative estimate of drug-likeness (QED) is 0.246. The van der Waals surface area contributed by atoms with Gasteiger partial charge in [-0.05, 0) is 62.6 Å². The van der Waals surface area contributed by atoms with E-state index in [9.17, 15) is 13.2 Å². The lowest BCUT2D eigenvalue weighted by Gasteiger charge is -2.34. The lowest BCUT2D eigenvalue weighted by Crippen LogP contribution is -2.40. The number of piperidine rings is 1. The zero-order chi connectivity index (χ0) is 26.3. The number of benzene rings is 2. The summed E-state index contributed by atoms with van der Waals surface area (Å²) in [5, 5.41) is 13.8. The summed E-state index contributed by atoms with van der Waals surface area (Å²) in [4.78, 5) is 6.83. The smallest absolute Gasteiger partial charge is 0.279 e. The molecule has 5 nitrogen and oxygen atoms in total. The maximum absolute atomic E-state index is 14.5. The second kappa shape index (κ2) is 9.85. The number of aromatic nitrogens is 2. The minimum Gasteiger partial charge on any atom is -0.382 e. The summed E-state index contributed by atoms with van der Waals surface area (Å²) in [5.41, 5.74) is 4.95. The van der Waals surface area contributed by atoms with Crippen LogP contribution in [0.25, 0.3) is 11.0 Å². The number of thiophene rings is 1. The highest BCUT2D eigenvalue weighted by atomic mass is 32.1. The largest absolute Gasteiger partial charge is 0.382 e. The molecule has 2 aromatic carbocycles. The van der Waals surface area contributed by atoms with Crippen molar-refractivity contribution >= 4 is 39.7 Å². The van der Waals surface area contributed by atoms with Crippen molar-refractivity contribution in [2.45, 2.75) is 51.9 Å². The van der Waals surface area contributed by atoms with Crippen LogP contribution in [0.5, 0.6) is 0 Å². The van der Waals surface area contributed by atoms with E-state index in [4.69, 9.17) is 10.4 Å². The van der Waals surface area contributed by atoms with Gasteiger partial charge < -0.3 is 10.2 Å². The van der Waals surface area contributed by atoms with Crippen LogP contribution in [0.1, 0.15) is 54.6 Å². The molecule has 1 fully saturated rings. The van der Waals surface area contributed by atoms with Gasteiger partial charge in [-0.2, -0.15) is 0 Å². The number of hydrogen-bond acceptors (Lipinski definition) is 5. The minimum atomic E-state index is -2.90. The molecule has 2 aromatic heterocycles. The van der Waals surface area contributed by atoms with Crippen molar-refractivity contribution in [3.8, 4) is 0 Å². The van der Waals surface area contributed by atoms with Crippen molar-refractivity contribution in [3.63, 3.8) is 0 Å². The topological polar surface area (TPSA) is 56.9 Å². The summed E-state index contributed by atoms with van der Waals surface area (Å²) >= 11 is 0.980. The molecule has 0 radical (unpaired) electrons. The Morgan fingerprint density at radius 1 is 1.16 bits per heavy atom. The maximum atomic E-state index is 14.5. The van der Waals surface area contributed by atoms with Gasteiger partial charge in [-0.25, -0.2) is 18.2 Å². The van der Waals surface area contributed by atoms with Crippen LogP contribution in [-0.2, 0) is 5.92 Å². The van der Waals surface area contributed by atoms with Crippen molar-refractivity contribution in [3.05, 3.63) is 75.5 Å². The number of alkyl halides is 3. The normalized spacial score (nSPS) is 15.8. The van der Waals surface area contributed by atoms with Gasteiger partial charge in [-0.1, -0.05) is 18.2 Å². The van der Waals surface area contributed by atoms with Crippen LogP contribution in [0.15, 0.2) is 53.9 Å². The Labute approximate surface area is 218 Å². The van der Waals surface area contributed by atoms with Crippen molar-refractivity contribution in [1.29, 1.82) is 5.41 Å². The molecule has 37 heavy (non-hydrogen) atoms. The number of nitrogens with zero attached hydrogens (tertiary/aromatic N) is 3. The van der Waals surface area contributed by atoms with Gasteiger partial charge in [0.15, 0.2) is 6.30 Å². The zero-order valence-corrected chi connectivity index (χ0v) is 21.9. The fraction of sp³-hybridized carbons (Fsp3) is 0.357. The number of rotatable bonds is 7. The molecular formula is C28H30F3N5S. The molecule has 1 aliphatic rings. The zero-order valence-electron chi connectivity index (χ0n) is 21.1. The van der Waals surface area contributed by atoms with Crippen LogP contribution in [0, 0.1) is 12.3 Å². The summed E-state index contributed by atoms with van der Waals surface area (Å²) in [7, 11) is 0. The second-order valence-electron chi connectivity index (χ2n) is 9.74. The van der Waals surface area contributed by atoms with Crippen LogP contribution in [0.2, 0.25) is 0 Å². The van der Waals surface area contributed by atoms with E-state index in [1.807, 2.05) is 49.4 Å². The Morgan fingerprint density at radius 2 is 1.89 bits per heavy atom. The number of para-hydroxylation sites is 2. The Kier molecular flexibility index (Phi) is 6.74. The van der Waals surface area contributed by atoms with Gasteiger partial charge >= 0.3 is 0 Å². The highest BCUT2D eigenvalue weighted by Gasteiger charge is 2.28. The van der Waals surface area contributed by atoms with Crippen LogP contribution < -0.4 is 10.2 Å². The van der Waals surface area contributed by atoms with Gasteiger partial charge in [0.25, 0.3) is 5.92 Å². The number of imidazole rings is 1. The molecule has 3 heterocycles. The third-order valence-corrected chi connectivity index (χ3v) is 8.00. The molecule has 1 atom stereocenters. The number of hydrogen-bond donors (Lipinski definition) is 2. The highest BCUT2D eigenvalue weighted by molar-refractivity contribution is 7.10. The van der Waals surface area contributed by atoms with Gasteiger partial charge in [-0.3, -0.25) is 9.98 Å². The lowest BCUT2D eigenvalue weighted by molar-refractivity contribution is 0.0215. The fourth-order valence-electron chi connectivity index (χ4n) is 4.95. The molecular weight excluding hydrogens is 495 g/mol. The molecule has 0 amide bonds. The van der Waals surface area contributed by atoms with Crippen molar-refractivity contribution < 1.29 is 13.2 Å². The van der Waals surface area contributed by atoms with E-state index in [0.717, 1.165) is 72.0 Å². The number of anilines is 2. The number of aryl methyl sites for hydroxylation is 1. The predicted molar refractivity (Wildman–Crippen MR) is 145 cm³/mol. The van der Waals surface area contributed by atoms with Gasteiger partial charge in [0.05, 0.1) is 21.6 Å². The molecule has 5 rings (SSSR count). The SMILES string of the molecule is Cc1cc(NC2CCN(c3nc4ccccc4n3C(C)F)CC2)ccc1C(=N)c1csc(C(C)(F)F)c1. The van der Waals surface area contributed by atoms with Gasteiger partial charge in [0.2, 0.25) is 5.95 Å². The summed E-state index contributed by atoms with van der Waals surface area (Å²) < 4.78 is 43.4. The molecule has 2 N–H and O–H groups in total. The number of fused-ring (bicyclic) bond motifs is 1. The molecule has 1 unspecified atom stereocenters. The van der Waals surface area contributed by atoms with Crippen molar-refractivity contribution in [1.82, 2.24) is 9.55 Å². The predicted octanol–water partition coefficient (Wildman–Crippen LogP) is 7.50. The molecule has 0 saturated carbocycles. The van der Waals surface area contributed by atoms with E-state index < -0.39 is 12.2 Å². The van der Waals surface area contributed by atoms with Crippen LogP contribution in [0.4, 0.5) is 24.8 Å². The van der Waals surface area contributed by atoms with E-state index >= 15 is 0 Å². The third kappa shape index (κ3) is 5.09. The molecule has 1 aliphatic heterocycles. The summed E-state index contributed by atoms with van der Waals surface area (Å²) in [6.45, 7) is 5.87. The maximum Gasteiger partial charge on any atom is 0.279 e. The average molecular weight is 526 g/mol. The monoisotopic (exact) mass is 525 g/mol. The second-order valence-corrected chi connectivity index (χ2v) is 10.7. The first kappa shape index (κ1) is 25.3. The third-order valence-electron chi connectivity index (χ3n) is 6.90. The molecule has 1 saturated heterocycles. The van der Waals surface area contributed by atoms with Crippen LogP contribution in [-0.4, -0.2) is 34.4 Å². The molecule has 0 aliphatic carbocycles. The van der Waals surface area contributed by atoms with Gasteiger partial charge in [-0.15, -0.1) is 11.3 Å². The molecule has 0 bridgehead atoms. The first-order valence-corrected chi connectivity index (χ1v) is 13.3. The highest BCUT2D eigenvalue weighted by Crippen LogP contribution is 2.34. The Bertz CT molecular complexity index is 1430. The van der Waals surface area contributed by atoms with Crippen LogP contribution >= 0.6 is 11.3 Å². The van der Waals surface area contributed by atoms with Crippen molar-refractivity contribution in [2.24, 2.45) is 0 Å². The first-order chi connectivity index (χ1) is 17.6. The molecule has 9 heteroatoms. The lowest BCUT2D eigenvalue weighted by atomic mass is 9.98. The summed E-state index contributed by atoms with van der Waals surface area (Å²) in [6, 6.07) is 15.1. The van der Waals surface area contributed by atoms with E-state index in [2.05, 4.69) is 10.2 Å². The standard InChI is InChI=1S/C28H30F3N5S/c1-17-14-21(8-9-22(17)26(32)19-15-25(37-16-19)28(3,30)31)33-20-10-12-35(13-11-20)27-34-23-6-4-5-7-24(23)36(27)18(2)29/h4-9,14-16,18,20,32-33H,10-13H2,1-3H3. The summed E-state index contributed by atoms with van der Waals surface area (Å²) in [6.07, 6.45) is 0.588. The van der Waals surface area contributed by atoms with Crippen LogP contribution in [0.3, 0.4) is 0 Å². The summed E-state index contributed by atoms with van der Waals surface area (Å²) in [5.74, 6) is -2.23. The van der Waals surface area contributed by atoms with E-state index in [1.165, 1.54) is 13.0 Å². The molecule has 4 aromatic rings. The number of halogens is 3. The van der Waals surface area contributed by atoms with E-state index in [0.29, 0.717) is 11.5 Å². The Balaban J connectivity index is 1.24. The van der Waals surface area contributed by atoms with Crippen molar-refractivity contribution in [2.75, 3.05) is 23.3 Å². The van der Waals surface area contributed by atoms with Gasteiger partial charge in [0.1, 0.15) is 0 Å². The molecule has 0 spiro atoms. The number of nitrogens with one attached hydrogen (secondary N) is 2. The van der Waals surface area contributed by atoms with E-state index in [1.54, 1.807) is 9.95 Å². The minimum absolute atomic E-state index is 0.0360.